The molecule has 17 nitrogen and oxygen atoms in total. The number of aliphatic hydroxyl groups is 1. The monoisotopic (exact) mass is 726 g/mol. The Morgan fingerprint density at radius 3 is 2.64 bits per heavy atom. The van der Waals surface area contributed by atoms with Crippen LogP contribution in [0.3, 0.4) is 0 Å². The lowest BCUT2D eigenvalue weighted by molar-refractivity contribution is -0.140. The van der Waals surface area contributed by atoms with E-state index in [0.29, 0.717) is 29.1 Å². The number of carboxylic acid groups (broad SMARTS) is 2. The van der Waals surface area contributed by atoms with E-state index in [1.54, 1.807) is 18.2 Å². The molecule has 2 aromatic heterocycles. The summed E-state index contributed by atoms with van der Waals surface area (Å²) in [6, 6.07) is 9.09. The van der Waals surface area contributed by atoms with Crippen LogP contribution in [0.4, 0.5) is 11.6 Å². The van der Waals surface area contributed by atoms with E-state index in [0.717, 1.165) is 19.4 Å². The maximum Gasteiger partial charge on any atom is 0.326 e. The highest BCUT2D eigenvalue weighted by atomic mass is 16.5. The fraction of sp³-hybridized carbons (Fsp3) is 0.361. The van der Waals surface area contributed by atoms with E-state index in [-0.39, 0.29) is 59.3 Å². The van der Waals surface area contributed by atoms with Crippen molar-refractivity contribution in [3.05, 3.63) is 87.5 Å². The number of amides is 1. The summed E-state index contributed by atoms with van der Waals surface area (Å²) in [5.74, 6) is -1.97. The van der Waals surface area contributed by atoms with Crippen molar-refractivity contribution in [3.8, 4) is 11.5 Å². The lowest BCUT2D eigenvalue weighted by Gasteiger charge is -2.56. The molecule has 6 atom stereocenters. The van der Waals surface area contributed by atoms with E-state index in [9.17, 15) is 29.4 Å². The van der Waals surface area contributed by atoms with E-state index in [4.69, 9.17) is 20.7 Å². The van der Waals surface area contributed by atoms with Crippen molar-refractivity contribution in [1.82, 2.24) is 30.2 Å². The number of aromatic hydroxyl groups is 1. The Labute approximate surface area is 301 Å². The van der Waals surface area contributed by atoms with Crippen LogP contribution in [-0.2, 0) is 28.0 Å². The number of piperidine rings is 1. The first kappa shape index (κ1) is 35.3. The van der Waals surface area contributed by atoms with Crippen LogP contribution < -0.4 is 26.7 Å². The molecule has 9 N–H and O–H groups in total. The summed E-state index contributed by atoms with van der Waals surface area (Å²) in [5.41, 5.74) is 8.76. The Morgan fingerprint density at radius 2 is 1.91 bits per heavy atom. The van der Waals surface area contributed by atoms with Crippen molar-refractivity contribution in [1.29, 1.82) is 0 Å². The van der Waals surface area contributed by atoms with Gasteiger partial charge in [0.1, 0.15) is 18.2 Å². The molecule has 1 spiro atoms. The third-order valence-corrected chi connectivity index (χ3v) is 10.5. The third kappa shape index (κ3) is 6.48. The fourth-order valence-corrected chi connectivity index (χ4v) is 8.00. The number of likely N-dealkylation sites (N-methyl/N-ethyl adjacent to an activating group) is 1. The molecule has 0 saturated carbocycles. The minimum absolute atomic E-state index is 0.0524. The number of phenolic OH excluding ortho intramolecular Hbond substituents is 1. The Balaban J connectivity index is 0.000000177. The summed E-state index contributed by atoms with van der Waals surface area (Å²) >= 11 is 0. The zero-order valence-corrected chi connectivity index (χ0v) is 28.5. The van der Waals surface area contributed by atoms with Gasteiger partial charge in [0.2, 0.25) is 5.95 Å². The molecular weight excluding hydrogens is 688 g/mol. The second-order valence-corrected chi connectivity index (χ2v) is 13.6. The average Bonchev–Trinajstić information content (AvgIpc) is 3.49. The summed E-state index contributed by atoms with van der Waals surface area (Å²) in [6.07, 6.45) is 6.04. The van der Waals surface area contributed by atoms with Crippen LogP contribution in [0.5, 0.6) is 11.5 Å². The lowest BCUT2D eigenvalue weighted by atomic mass is 9.53. The first-order valence-corrected chi connectivity index (χ1v) is 17.0. The molecule has 0 radical (unpaired) electrons. The maximum atomic E-state index is 12.3. The number of rotatable bonds is 9. The number of fused-ring (bicyclic) bond motifs is 1. The molecule has 17 heteroatoms. The number of carbonyl (C=O) groups is 3. The summed E-state index contributed by atoms with van der Waals surface area (Å²) in [6.45, 7) is 1.24. The van der Waals surface area contributed by atoms with Crippen LogP contribution >= 0.6 is 0 Å². The summed E-state index contributed by atoms with van der Waals surface area (Å²) in [4.78, 5) is 63.0. The number of carboxylic acids is 2. The number of ether oxygens (including phenoxy) is 1. The number of likely N-dealkylation sites (tertiary alicyclic amines) is 1. The van der Waals surface area contributed by atoms with Gasteiger partial charge in [-0.15, -0.1) is 0 Å². The number of nitrogens with one attached hydrogen (secondary N) is 3. The summed E-state index contributed by atoms with van der Waals surface area (Å²) in [7, 11) is 2.19. The van der Waals surface area contributed by atoms with Gasteiger partial charge in [0.25, 0.3) is 5.91 Å². The molecule has 2 aliphatic carbocycles. The number of carbonyl (C=O) groups excluding carboxylic acids is 1. The molecule has 4 aliphatic rings. The van der Waals surface area contributed by atoms with Gasteiger partial charge in [-0.2, -0.15) is 4.98 Å². The standard InChI is InChI=1S/C19H19N7O6.C17H19NO3/c20-19-25-15-14(17(30)26-19)23-11(8-22-15)7-21-10-3-1-9(2-4-10)16(29)24-12(18(31)32)5-6-13(27)28;1-18-7-6-17-10-3-5-13(20)16(17)21-15-12(19)4-2-9(14(15)17)8-11(10)18/h1-4,8,12,21H,5-7H2,(H,24,29)(H,27,28)(H,31,32)(H3,20,22,25,26,30);2-5,10-11,13,16,19-20H,6-8H2,1H3/t12-;10-,11+,13-,16-,17-/m00/s1. The molecule has 1 fully saturated rings. The van der Waals surface area contributed by atoms with Crippen molar-refractivity contribution >= 4 is 40.6 Å². The molecule has 1 amide bonds. The maximum absolute atomic E-state index is 12.3. The average molecular weight is 727 g/mol. The van der Waals surface area contributed by atoms with E-state index >= 15 is 0 Å². The summed E-state index contributed by atoms with van der Waals surface area (Å²) in [5, 5.41) is 43.8. The number of hydrogen-bond donors (Lipinski definition) is 8. The Bertz CT molecular complexity index is 2190. The van der Waals surface area contributed by atoms with Crippen LogP contribution in [0.25, 0.3) is 11.2 Å². The topological polar surface area (TPSA) is 266 Å². The van der Waals surface area contributed by atoms with Crippen molar-refractivity contribution in [3.63, 3.8) is 0 Å². The van der Waals surface area contributed by atoms with Crippen LogP contribution in [-0.4, -0.2) is 101 Å². The Morgan fingerprint density at radius 1 is 1.13 bits per heavy atom. The first-order chi connectivity index (χ1) is 25.3. The zero-order valence-electron chi connectivity index (χ0n) is 28.5. The number of phenols is 1. The van der Waals surface area contributed by atoms with Crippen LogP contribution in [0.2, 0.25) is 0 Å². The molecule has 2 aliphatic heterocycles. The molecular formula is C36H38N8O9. The highest BCUT2D eigenvalue weighted by molar-refractivity contribution is 5.97. The van der Waals surface area contributed by atoms with Gasteiger partial charge in [-0.1, -0.05) is 18.2 Å². The quantitative estimate of drug-likeness (QED) is 0.112. The number of aliphatic hydroxyl groups excluding tert-OH is 1. The molecule has 276 valence electrons. The van der Waals surface area contributed by atoms with Gasteiger partial charge in [0.15, 0.2) is 22.7 Å². The minimum atomic E-state index is -1.31. The number of nitrogens with two attached hydrogens (primary N) is 1. The largest absolute Gasteiger partial charge is 0.504 e. The second-order valence-electron chi connectivity index (χ2n) is 13.6. The predicted octanol–water partition coefficient (Wildman–Crippen LogP) is 1.15. The molecule has 1 saturated heterocycles. The van der Waals surface area contributed by atoms with E-state index < -0.39 is 35.6 Å². The minimum Gasteiger partial charge on any atom is -0.504 e. The molecule has 0 unspecified atom stereocenters. The smallest absolute Gasteiger partial charge is 0.326 e. The van der Waals surface area contributed by atoms with Crippen molar-refractivity contribution < 1.29 is 39.5 Å². The van der Waals surface area contributed by atoms with E-state index in [1.807, 2.05) is 12.1 Å². The van der Waals surface area contributed by atoms with Gasteiger partial charge < -0.3 is 51.4 Å². The number of aliphatic carboxylic acids is 2. The van der Waals surface area contributed by atoms with E-state index in [2.05, 4.69) is 48.6 Å². The van der Waals surface area contributed by atoms with Gasteiger partial charge >= 0.3 is 17.5 Å². The van der Waals surface area contributed by atoms with Gasteiger partial charge in [0, 0.05) is 40.6 Å². The number of hydrogen-bond acceptors (Lipinski definition) is 13. The van der Waals surface area contributed by atoms with E-state index in [1.165, 1.54) is 29.5 Å². The molecule has 2 bridgehead atoms. The van der Waals surface area contributed by atoms with Gasteiger partial charge in [-0.05, 0) is 68.8 Å². The van der Waals surface area contributed by atoms with Gasteiger partial charge in [-0.3, -0.25) is 14.4 Å². The number of nitrogen functional groups attached to an aromatic ring is 1. The molecule has 4 aromatic rings. The van der Waals surface area contributed by atoms with Crippen molar-refractivity contribution in [2.24, 2.45) is 5.92 Å². The van der Waals surface area contributed by atoms with Crippen LogP contribution in [0.15, 0.2) is 59.5 Å². The van der Waals surface area contributed by atoms with Gasteiger partial charge in [-0.25, -0.2) is 14.8 Å². The summed E-state index contributed by atoms with van der Waals surface area (Å²) < 4.78 is 6.09. The van der Waals surface area contributed by atoms with Crippen molar-refractivity contribution in [2.75, 3.05) is 24.6 Å². The normalized spacial score (nSPS) is 23.9. The zero-order chi connectivity index (χ0) is 37.6. The molecule has 8 rings (SSSR count). The number of nitrogens with zero attached hydrogens (tertiary/aromatic N) is 4. The SMILES string of the molecule is CN1CC[C@]23c4c5ccc(O)c4O[C@H]2[C@@H](O)C=C[C@H]3[C@H]1C5.Nc1nc(=O)c2nc(CNc3ccc(C(=O)N[C@@H](CCC(=O)O)C(=O)O)cc3)cnc2[nH]1. The number of anilines is 2. The number of benzene rings is 2. The Hall–Kier alpha value is -6.07. The fourth-order valence-electron chi connectivity index (χ4n) is 8.00. The molecule has 2 aromatic carbocycles. The number of aromatic nitrogens is 4. The van der Waals surface area contributed by atoms with Crippen LogP contribution in [0.1, 0.15) is 46.4 Å². The molecule has 53 heavy (non-hydrogen) atoms. The Kier molecular flexibility index (Phi) is 9.21. The number of H-pyrrole nitrogens is 1. The highest BCUT2D eigenvalue weighted by Gasteiger charge is 2.64. The van der Waals surface area contributed by atoms with Crippen molar-refractivity contribution in [2.45, 2.75) is 61.9 Å². The van der Waals surface area contributed by atoms with Crippen LogP contribution in [0, 0.1) is 5.92 Å². The second kappa shape index (κ2) is 13.8. The highest BCUT2D eigenvalue weighted by Crippen LogP contribution is 2.62. The lowest BCUT2D eigenvalue weighted by Crippen LogP contribution is -2.64. The first-order valence-electron chi connectivity index (χ1n) is 17.0. The third-order valence-electron chi connectivity index (χ3n) is 10.5. The predicted molar refractivity (Wildman–Crippen MR) is 189 cm³/mol. The number of aromatic amines is 1. The molecule has 4 heterocycles. The van der Waals surface area contributed by atoms with Gasteiger partial charge in [0.05, 0.1) is 18.4 Å².